The summed E-state index contributed by atoms with van der Waals surface area (Å²) in [6.07, 6.45) is 1.89. The van der Waals surface area contributed by atoms with E-state index in [2.05, 4.69) is 10.6 Å². The Labute approximate surface area is 112 Å². The van der Waals surface area contributed by atoms with Crippen molar-refractivity contribution in [3.8, 4) is 0 Å². The van der Waals surface area contributed by atoms with Gasteiger partial charge in [-0.05, 0) is 38.0 Å². The minimum absolute atomic E-state index is 0.169. The van der Waals surface area contributed by atoms with E-state index in [4.69, 9.17) is 4.74 Å². The van der Waals surface area contributed by atoms with Crippen molar-refractivity contribution in [3.05, 3.63) is 24.0 Å². The van der Waals surface area contributed by atoms with Crippen LogP contribution in [-0.4, -0.2) is 24.7 Å². The van der Waals surface area contributed by atoms with Gasteiger partial charge in [0, 0.05) is 25.3 Å². The molecule has 1 heterocycles. The number of carbonyl (C=O) groups excluding carboxylic acids is 1. The Morgan fingerprint density at radius 3 is 2.95 bits per heavy atom. The van der Waals surface area contributed by atoms with Gasteiger partial charge in [-0.2, -0.15) is 0 Å². The molecule has 1 aliphatic heterocycles. The van der Waals surface area contributed by atoms with Crippen LogP contribution >= 0.6 is 0 Å². The summed E-state index contributed by atoms with van der Waals surface area (Å²) in [5.41, 5.74) is 1.02. The summed E-state index contributed by atoms with van der Waals surface area (Å²) >= 11 is 0. The van der Waals surface area contributed by atoms with E-state index in [-0.39, 0.29) is 23.9 Å². The van der Waals surface area contributed by atoms with Gasteiger partial charge >= 0.3 is 0 Å². The van der Waals surface area contributed by atoms with Crippen molar-refractivity contribution in [2.75, 3.05) is 17.2 Å². The van der Waals surface area contributed by atoms with E-state index >= 15 is 0 Å². The van der Waals surface area contributed by atoms with Crippen LogP contribution in [0.15, 0.2) is 18.2 Å². The molecule has 0 saturated carbocycles. The highest BCUT2D eigenvalue weighted by Gasteiger charge is 2.20. The number of rotatable bonds is 3. The van der Waals surface area contributed by atoms with E-state index in [1.165, 1.54) is 13.0 Å². The molecule has 4 nitrogen and oxygen atoms in total. The molecule has 104 valence electrons. The zero-order chi connectivity index (χ0) is 13.8. The number of anilines is 2. The fraction of sp³-hybridized carbons (Fsp3) is 0.500. The fourth-order valence-electron chi connectivity index (χ4n) is 2.27. The van der Waals surface area contributed by atoms with Crippen LogP contribution in [0.3, 0.4) is 0 Å². The van der Waals surface area contributed by atoms with E-state index in [0.717, 1.165) is 12.8 Å². The Morgan fingerprint density at radius 2 is 2.26 bits per heavy atom. The highest BCUT2D eigenvalue weighted by atomic mass is 19.1. The second kappa shape index (κ2) is 6.02. The Balaban J connectivity index is 2.07. The largest absolute Gasteiger partial charge is 0.380 e. The molecule has 0 aromatic heterocycles. The van der Waals surface area contributed by atoms with Gasteiger partial charge in [0.1, 0.15) is 5.82 Å². The number of hydrogen-bond acceptors (Lipinski definition) is 3. The van der Waals surface area contributed by atoms with E-state index in [9.17, 15) is 9.18 Å². The van der Waals surface area contributed by atoms with Crippen LogP contribution in [0.5, 0.6) is 0 Å². The monoisotopic (exact) mass is 266 g/mol. The first kappa shape index (κ1) is 13.8. The molecule has 0 radical (unpaired) electrons. The average Bonchev–Trinajstić information content (AvgIpc) is 2.33. The summed E-state index contributed by atoms with van der Waals surface area (Å²) in [5.74, 6) is -0.481. The summed E-state index contributed by atoms with van der Waals surface area (Å²) in [7, 11) is 0. The SMILES string of the molecule is CC(=O)Nc1ccc(F)c(NC2CCOC(C)C2)c1. The predicted molar refractivity (Wildman–Crippen MR) is 72.8 cm³/mol. The molecule has 2 rings (SSSR count). The zero-order valence-corrected chi connectivity index (χ0v) is 11.2. The molecule has 0 spiro atoms. The van der Waals surface area contributed by atoms with E-state index in [0.29, 0.717) is 18.0 Å². The first-order valence-electron chi connectivity index (χ1n) is 6.50. The molecule has 1 amide bonds. The maximum Gasteiger partial charge on any atom is 0.221 e. The van der Waals surface area contributed by atoms with Crippen LogP contribution in [0.2, 0.25) is 0 Å². The van der Waals surface area contributed by atoms with Crippen LogP contribution in [0.1, 0.15) is 26.7 Å². The summed E-state index contributed by atoms with van der Waals surface area (Å²) in [4.78, 5) is 11.0. The zero-order valence-electron chi connectivity index (χ0n) is 11.2. The lowest BCUT2D eigenvalue weighted by molar-refractivity contribution is -0.114. The molecule has 1 fully saturated rings. The Hall–Kier alpha value is -1.62. The number of nitrogens with one attached hydrogen (secondary N) is 2. The van der Waals surface area contributed by atoms with Crippen molar-refractivity contribution >= 4 is 17.3 Å². The third-order valence-electron chi connectivity index (χ3n) is 3.13. The van der Waals surface area contributed by atoms with Crippen LogP contribution < -0.4 is 10.6 Å². The van der Waals surface area contributed by atoms with Crippen molar-refractivity contribution in [2.24, 2.45) is 0 Å². The van der Waals surface area contributed by atoms with Gasteiger partial charge in [0.15, 0.2) is 0 Å². The smallest absolute Gasteiger partial charge is 0.221 e. The number of amides is 1. The molecule has 1 aliphatic rings. The third kappa shape index (κ3) is 3.92. The first-order chi connectivity index (χ1) is 9.04. The van der Waals surface area contributed by atoms with Crippen LogP contribution in [-0.2, 0) is 9.53 Å². The normalized spacial score (nSPS) is 22.9. The van der Waals surface area contributed by atoms with Crippen molar-refractivity contribution < 1.29 is 13.9 Å². The molecular formula is C14H19FN2O2. The third-order valence-corrected chi connectivity index (χ3v) is 3.13. The summed E-state index contributed by atoms with van der Waals surface area (Å²) in [5, 5.41) is 5.84. The Kier molecular flexibility index (Phi) is 4.37. The van der Waals surface area contributed by atoms with Gasteiger partial charge in [-0.3, -0.25) is 4.79 Å². The topological polar surface area (TPSA) is 50.4 Å². The van der Waals surface area contributed by atoms with Crippen molar-refractivity contribution in [2.45, 2.75) is 38.8 Å². The van der Waals surface area contributed by atoms with E-state index < -0.39 is 0 Å². The molecule has 1 saturated heterocycles. The maximum absolute atomic E-state index is 13.8. The molecular weight excluding hydrogens is 247 g/mol. The molecule has 2 N–H and O–H groups in total. The van der Waals surface area contributed by atoms with Gasteiger partial charge in [-0.25, -0.2) is 4.39 Å². The fourth-order valence-corrected chi connectivity index (χ4v) is 2.27. The Morgan fingerprint density at radius 1 is 1.47 bits per heavy atom. The van der Waals surface area contributed by atoms with Crippen molar-refractivity contribution in [3.63, 3.8) is 0 Å². The number of benzene rings is 1. The van der Waals surface area contributed by atoms with Gasteiger partial charge in [-0.15, -0.1) is 0 Å². The molecule has 2 atom stereocenters. The lowest BCUT2D eigenvalue weighted by Gasteiger charge is -2.29. The van der Waals surface area contributed by atoms with Crippen LogP contribution in [0, 0.1) is 5.82 Å². The van der Waals surface area contributed by atoms with Gasteiger partial charge in [0.2, 0.25) is 5.91 Å². The lowest BCUT2D eigenvalue weighted by Crippen LogP contribution is -2.32. The predicted octanol–water partition coefficient (Wildman–Crippen LogP) is 2.76. The minimum Gasteiger partial charge on any atom is -0.380 e. The maximum atomic E-state index is 13.8. The van der Waals surface area contributed by atoms with Gasteiger partial charge in [0.05, 0.1) is 11.8 Å². The summed E-state index contributed by atoms with van der Waals surface area (Å²) < 4.78 is 19.2. The molecule has 5 heteroatoms. The second-order valence-corrected chi connectivity index (χ2v) is 4.92. The lowest BCUT2D eigenvalue weighted by atomic mass is 10.0. The molecule has 19 heavy (non-hydrogen) atoms. The highest BCUT2D eigenvalue weighted by molar-refractivity contribution is 5.89. The van der Waals surface area contributed by atoms with Crippen molar-refractivity contribution in [1.29, 1.82) is 0 Å². The van der Waals surface area contributed by atoms with Gasteiger partial charge in [0.25, 0.3) is 0 Å². The molecule has 1 aromatic rings. The number of halogens is 1. The highest BCUT2D eigenvalue weighted by Crippen LogP contribution is 2.24. The molecule has 0 bridgehead atoms. The van der Waals surface area contributed by atoms with E-state index in [1.807, 2.05) is 6.92 Å². The summed E-state index contributed by atoms with van der Waals surface area (Å²) in [6, 6.07) is 4.73. The van der Waals surface area contributed by atoms with Gasteiger partial charge in [-0.1, -0.05) is 0 Å². The average molecular weight is 266 g/mol. The van der Waals surface area contributed by atoms with Crippen LogP contribution in [0.25, 0.3) is 0 Å². The van der Waals surface area contributed by atoms with Crippen LogP contribution in [0.4, 0.5) is 15.8 Å². The van der Waals surface area contributed by atoms with Crippen molar-refractivity contribution in [1.82, 2.24) is 0 Å². The quantitative estimate of drug-likeness (QED) is 0.884. The molecule has 0 aliphatic carbocycles. The van der Waals surface area contributed by atoms with Gasteiger partial charge < -0.3 is 15.4 Å². The number of carbonyl (C=O) groups is 1. The minimum atomic E-state index is -0.312. The molecule has 1 aromatic carbocycles. The summed E-state index contributed by atoms with van der Waals surface area (Å²) in [6.45, 7) is 4.13. The number of ether oxygens (including phenoxy) is 1. The standard InChI is InChI=1S/C14H19FN2O2/c1-9-7-12(5-6-19-9)17-14-8-11(16-10(2)18)3-4-13(14)15/h3-4,8-9,12,17H,5-7H2,1-2H3,(H,16,18). The number of hydrogen-bond donors (Lipinski definition) is 2. The second-order valence-electron chi connectivity index (χ2n) is 4.92. The first-order valence-corrected chi connectivity index (χ1v) is 6.50. The van der Waals surface area contributed by atoms with E-state index in [1.54, 1.807) is 12.1 Å². The molecule has 2 unspecified atom stereocenters. The Bertz CT molecular complexity index is 465.